The van der Waals surface area contributed by atoms with Gasteiger partial charge in [0.05, 0.1) is 23.9 Å². The number of H-pyrrole nitrogens is 1. The Morgan fingerprint density at radius 1 is 1.41 bits per heavy atom. The summed E-state index contributed by atoms with van der Waals surface area (Å²) < 4.78 is 11.7. The summed E-state index contributed by atoms with van der Waals surface area (Å²) in [6.45, 7) is 6.76. The van der Waals surface area contributed by atoms with E-state index in [0.29, 0.717) is 6.61 Å². The Labute approximate surface area is 100 Å². The molecule has 5 heteroatoms. The molecule has 0 saturated carbocycles. The molecular weight excluding hydrogens is 215 g/mol. The summed E-state index contributed by atoms with van der Waals surface area (Å²) >= 11 is 0. The third-order valence-electron chi connectivity index (χ3n) is 3.13. The van der Waals surface area contributed by atoms with Crippen LogP contribution >= 0.6 is 0 Å². The molecule has 1 aliphatic heterocycles. The van der Waals surface area contributed by atoms with Gasteiger partial charge in [-0.15, -0.1) is 0 Å². The highest BCUT2D eigenvalue weighted by Crippen LogP contribution is 2.22. The molecule has 17 heavy (non-hydrogen) atoms. The third-order valence-corrected chi connectivity index (χ3v) is 3.13. The molecule has 0 unspecified atom stereocenters. The van der Waals surface area contributed by atoms with Crippen LogP contribution in [0.1, 0.15) is 19.4 Å². The molecule has 88 valence electrons. The van der Waals surface area contributed by atoms with Crippen LogP contribution in [-0.4, -0.2) is 29.5 Å². The lowest BCUT2D eigenvalue weighted by Gasteiger charge is -2.16. The van der Waals surface area contributed by atoms with Crippen LogP contribution < -0.4 is 5.46 Å². The van der Waals surface area contributed by atoms with Gasteiger partial charge in [0.2, 0.25) is 0 Å². The van der Waals surface area contributed by atoms with E-state index in [-0.39, 0.29) is 12.7 Å². The predicted octanol–water partition coefficient (Wildman–Crippen LogP) is 1.39. The van der Waals surface area contributed by atoms with Gasteiger partial charge in [-0.2, -0.15) is 5.10 Å². The first-order valence-corrected chi connectivity index (χ1v) is 5.79. The first kappa shape index (κ1) is 10.8. The summed E-state index contributed by atoms with van der Waals surface area (Å²) in [5, 5.41) is 8.12. The summed E-state index contributed by atoms with van der Waals surface area (Å²) in [4.78, 5) is 0. The van der Waals surface area contributed by atoms with Gasteiger partial charge in [0.25, 0.3) is 0 Å². The van der Waals surface area contributed by atoms with Crippen molar-refractivity contribution in [1.82, 2.24) is 10.2 Å². The molecule has 0 atom stereocenters. The van der Waals surface area contributed by atoms with Gasteiger partial charge in [0, 0.05) is 5.39 Å². The van der Waals surface area contributed by atoms with Gasteiger partial charge in [0.1, 0.15) is 0 Å². The van der Waals surface area contributed by atoms with Gasteiger partial charge in [-0.3, -0.25) is 5.10 Å². The Morgan fingerprint density at radius 2 is 2.24 bits per heavy atom. The van der Waals surface area contributed by atoms with Gasteiger partial charge < -0.3 is 9.31 Å². The van der Waals surface area contributed by atoms with Crippen molar-refractivity contribution in [2.24, 2.45) is 0 Å². The summed E-state index contributed by atoms with van der Waals surface area (Å²) in [6.07, 6.45) is 1.83. The van der Waals surface area contributed by atoms with Crippen LogP contribution in [0.5, 0.6) is 0 Å². The smallest absolute Gasteiger partial charge is 0.404 e. The number of aryl methyl sites for hydroxylation is 1. The monoisotopic (exact) mass is 230 g/mol. The van der Waals surface area contributed by atoms with E-state index < -0.39 is 0 Å². The lowest BCUT2D eigenvalue weighted by atomic mass is 9.74. The summed E-state index contributed by atoms with van der Waals surface area (Å²) in [7, 11) is -0.286. The first-order valence-electron chi connectivity index (χ1n) is 5.79. The Bertz CT molecular complexity index is 565. The fourth-order valence-corrected chi connectivity index (χ4v) is 2.24. The van der Waals surface area contributed by atoms with Crippen molar-refractivity contribution in [2.45, 2.75) is 26.4 Å². The van der Waals surface area contributed by atoms with Gasteiger partial charge >= 0.3 is 7.12 Å². The van der Waals surface area contributed by atoms with E-state index in [1.807, 2.05) is 26.1 Å². The summed E-state index contributed by atoms with van der Waals surface area (Å²) in [5.41, 5.74) is 3.05. The SMILES string of the molecule is Cc1ccc2[nH]ncc2c1B1OCC(C)(C)O1. The maximum absolute atomic E-state index is 5.93. The predicted molar refractivity (Wildman–Crippen MR) is 67.3 cm³/mol. The largest absolute Gasteiger partial charge is 0.495 e. The number of hydrogen-bond acceptors (Lipinski definition) is 3. The van der Waals surface area contributed by atoms with Crippen molar-refractivity contribution < 1.29 is 9.31 Å². The quantitative estimate of drug-likeness (QED) is 0.753. The van der Waals surface area contributed by atoms with Gasteiger partial charge in [-0.1, -0.05) is 11.6 Å². The molecule has 2 heterocycles. The van der Waals surface area contributed by atoms with Crippen LogP contribution in [0.4, 0.5) is 0 Å². The summed E-state index contributed by atoms with van der Waals surface area (Å²) in [5.74, 6) is 0. The third kappa shape index (κ3) is 1.75. The Kier molecular flexibility index (Phi) is 2.28. The molecule has 0 radical (unpaired) electrons. The number of rotatable bonds is 1. The van der Waals surface area contributed by atoms with Crippen LogP contribution in [0.2, 0.25) is 0 Å². The van der Waals surface area contributed by atoms with E-state index in [2.05, 4.69) is 23.2 Å². The Hall–Kier alpha value is -1.33. The zero-order chi connectivity index (χ0) is 12.0. The van der Waals surface area contributed by atoms with E-state index in [0.717, 1.165) is 16.4 Å². The zero-order valence-corrected chi connectivity index (χ0v) is 10.3. The number of aromatic amines is 1. The standard InChI is InChI=1S/C12H15BN2O2/c1-8-4-5-10-9(6-14-15-10)11(8)13-16-7-12(2,3)17-13/h4-6H,7H2,1-3H3,(H,14,15). The van der Waals surface area contributed by atoms with Crippen LogP contribution in [-0.2, 0) is 9.31 Å². The topological polar surface area (TPSA) is 47.1 Å². The number of benzene rings is 1. The van der Waals surface area contributed by atoms with Crippen LogP contribution in [0.3, 0.4) is 0 Å². The van der Waals surface area contributed by atoms with E-state index in [9.17, 15) is 0 Å². The maximum Gasteiger partial charge on any atom is 0.495 e. The molecular formula is C12H15BN2O2. The molecule has 0 amide bonds. The molecule has 1 saturated heterocycles. The Morgan fingerprint density at radius 3 is 2.94 bits per heavy atom. The van der Waals surface area contributed by atoms with Crippen molar-refractivity contribution in [2.75, 3.05) is 6.61 Å². The van der Waals surface area contributed by atoms with Crippen molar-refractivity contribution >= 4 is 23.5 Å². The highest BCUT2D eigenvalue weighted by molar-refractivity contribution is 6.65. The minimum atomic E-state index is -0.286. The highest BCUT2D eigenvalue weighted by Gasteiger charge is 2.39. The molecule has 0 aliphatic carbocycles. The second-order valence-electron chi connectivity index (χ2n) is 5.15. The minimum Gasteiger partial charge on any atom is -0.404 e. The van der Waals surface area contributed by atoms with Crippen LogP contribution in [0, 0.1) is 6.92 Å². The summed E-state index contributed by atoms with van der Waals surface area (Å²) in [6, 6.07) is 4.09. The molecule has 0 bridgehead atoms. The molecule has 1 aromatic carbocycles. The normalized spacial score (nSPS) is 19.1. The first-order chi connectivity index (χ1) is 8.07. The van der Waals surface area contributed by atoms with Gasteiger partial charge in [-0.05, 0) is 32.3 Å². The van der Waals surface area contributed by atoms with Crippen LogP contribution in [0.25, 0.3) is 10.9 Å². The molecule has 1 N–H and O–H groups in total. The maximum atomic E-state index is 5.93. The number of fused-ring (bicyclic) bond motifs is 1. The number of aromatic nitrogens is 2. The number of hydrogen-bond donors (Lipinski definition) is 1. The van der Waals surface area contributed by atoms with E-state index in [4.69, 9.17) is 9.31 Å². The zero-order valence-electron chi connectivity index (χ0n) is 10.3. The molecule has 0 spiro atoms. The van der Waals surface area contributed by atoms with E-state index in [1.165, 1.54) is 5.56 Å². The van der Waals surface area contributed by atoms with E-state index in [1.54, 1.807) is 0 Å². The minimum absolute atomic E-state index is 0.219. The van der Waals surface area contributed by atoms with Crippen molar-refractivity contribution in [1.29, 1.82) is 0 Å². The number of nitrogens with one attached hydrogen (secondary N) is 1. The Balaban J connectivity index is 2.10. The van der Waals surface area contributed by atoms with Crippen molar-refractivity contribution in [3.63, 3.8) is 0 Å². The molecule has 1 aliphatic rings. The fourth-order valence-electron chi connectivity index (χ4n) is 2.24. The second kappa shape index (κ2) is 3.58. The van der Waals surface area contributed by atoms with Crippen molar-refractivity contribution in [3.8, 4) is 0 Å². The average molecular weight is 230 g/mol. The lowest BCUT2D eigenvalue weighted by Crippen LogP contribution is -2.36. The molecule has 4 nitrogen and oxygen atoms in total. The van der Waals surface area contributed by atoms with Gasteiger partial charge in [0.15, 0.2) is 0 Å². The molecule has 2 aromatic rings. The molecule has 1 aromatic heterocycles. The molecule has 1 fully saturated rings. The average Bonchev–Trinajstić information content (AvgIpc) is 2.84. The van der Waals surface area contributed by atoms with Crippen LogP contribution in [0.15, 0.2) is 18.3 Å². The fraction of sp³-hybridized carbons (Fsp3) is 0.417. The molecule has 3 rings (SSSR count). The second-order valence-corrected chi connectivity index (χ2v) is 5.15. The lowest BCUT2D eigenvalue weighted by molar-refractivity contribution is 0.137. The highest BCUT2D eigenvalue weighted by atomic mass is 16.7. The van der Waals surface area contributed by atoms with Gasteiger partial charge in [-0.25, -0.2) is 0 Å². The number of nitrogens with zero attached hydrogens (tertiary/aromatic N) is 1. The van der Waals surface area contributed by atoms with Crippen molar-refractivity contribution in [3.05, 3.63) is 23.9 Å². The van der Waals surface area contributed by atoms with E-state index >= 15 is 0 Å².